The largest absolute Gasteiger partial charge is 0.741 e. The molecule has 0 saturated heterocycles. The molecule has 0 rings (SSSR count). The lowest BCUT2D eigenvalue weighted by Gasteiger charge is -2.21. The van der Waals surface area contributed by atoms with Crippen LogP contribution in [0.3, 0.4) is 0 Å². The third-order valence-electron chi connectivity index (χ3n) is 3.87. The van der Waals surface area contributed by atoms with Crippen LogP contribution in [0, 0.1) is 0 Å². The van der Waals surface area contributed by atoms with Crippen LogP contribution in [-0.4, -0.2) is 35.7 Å². The van der Waals surface area contributed by atoms with E-state index in [0.29, 0.717) is 15.6 Å². The monoisotopic (exact) mass is 416 g/mol. The predicted octanol–water partition coefficient (Wildman–Crippen LogP) is 5.33. The van der Waals surface area contributed by atoms with E-state index in [1.807, 2.05) is 0 Å². The predicted molar refractivity (Wildman–Crippen MR) is 105 cm³/mol. The summed E-state index contributed by atoms with van der Waals surface area (Å²) in [5, 5.41) is 0. The summed E-state index contributed by atoms with van der Waals surface area (Å²) in [6, 6.07) is 0. The van der Waals surface area contributed by atoms with Crippen LogP contribution in [0.1, 0.15) is 53.4 Å². The molecule has 0 aromatic heterocycles. The fourth-order valence-corrected chi connectivity index (χ4v) is 2.63. The second-order valence-electron chi connectivity index (χ2n) is 6.64. The van der Waals surface area contributed by atoms with Crippen LogP contribution in [-0.2, 0) is 21.0 Å². The Labute approximate surface area is 159 Å². The first-order chi connectivity index (χ1) is 11.6. The van der Waals surface area contributed by atoms with Crippen LogP contribution < -0.4 is 0 Å². The van der Waals surface area contributed by atoms with E-state index in [1.54, 1.807) is 0 Å². The fourth-order valence-electron chi connectivity index (χ4n) is 1.77. The smallest absolute Gasteiger partial charge is 0.485 e. The van der Waals surface area contributed by atoms with Gasteiger partial charge in [-0.1, -0.05) is 29.9 Å². The van der Waals surface area contributed by atoms with Crippen LogP contribution in [0.4, 0.5) is 13.2 Å². The zero-order valence-electron chi connectivity index (χ0n) is 16.4. The summed E-state index contributed by atoms with van der Waals surface area (Å²) in [5.74, 6) is 0. The van der Waals surface area contributed by atoms with Crippen LogP contribution >= 0.6 is 0 Å². The zero-order valence-corrected chi connectivity index (χ0v) is 18.1. The molecule has 0 N–H and O–H groups in total. The number of halogens is 3. The molecule has 0 aliphatic heterocycles. The molecule has 0 saturated carbocycles. The quantitative estimate of drug-likeness (QED) is 0.232. The molecule has 0 bridgehead atoms. The van der Waals surface area contributed by atoms with Crippen molar-refractivity contribution in [2.45, 2.75) is 63.6 Å². The summed E-state index contributed by atoms with van der Waals surface area (Å²) in [4.78, 5) is 0. The standard InChI is InChI=1S/C17H31S.CHF3O3S/c1-8-17(5,18(6)7)14-10-13-16(4)12-9-11-15(2)3;2-1(3,4)8(5,6)7/h8,11,13H,1,9-10,12,14H2,2-7H3;(H,5,6,7)/q+1;/p-1. The summed E-state index contributed by atoms with van der Waals surface area (Å²) in [6.45, 7) is 12.9. The van der Waals surface area contributed by atoms with Gasteiger partial charge in [0.1, 0.15) is 4.75 Å². The molecule has 1 atom stereocenters. The maximum absolute atomic E-state index is 10.7. The Morgan fingerprint density at radius 1 is 1.12 bits per heavy atom. The van der Waals surface area contributed by atoms with Crippen molar-refractivity contribution >= 4 is 21.0 Å². The van der Waals surface area contributed by atoms with Crippen molar-refractivity contribution < 1.29 is 26.1 Å². The highest BCUT2D eigenvalue weighted by Crippen LogP contribution is 2.25. The van der Waals surface area contributed by atoms with Gasteiger partial charge in [0.2, 0.25) is 0 Å². The highest BCUT2D eigenvalue weighted by Gasteiger charge is 2.37. The maximum Gasteiger partial charge on any atom is 0.485 e. The van der Waals surface area contributed by atoms with Crippen LogP contribution in [0.25, 0.3) is 0 Å². The maximum atomic E-state index is 10.7. The van der Waals surface area contributed by atoms with Crippen molar-refractivity contribution in [2.24, 2.45) is 0 Å². The number of hydrogen-bond acceptors (Lipinski definition) is 3. The Morgan fingerprint density at radius 2 is 1.58 bits per heavy atom. The van der Waals surface area contributed by atoms with Crippen molar-refractivity contribution in [3.05, 3.63) is 36.0 Å². The second-order valence-corrected chi connectivity index (χ2v) is 10.6. The van der Waals surface area contributed by atoms with Crippen molar-refractivity contribution in [3.63, 3.8) is 0 Å². The first-order valence-corrected chi connectivity index (χ1v) is 11.5. The summed E-state index contributed by atoms with van der Waals surface area (Å²) in [7, 11) is -5.69. The second kappa shape index (κ2) is 11.9. The molecule has 1 unspecified atom stereocenters. The lowest BCUT2D eigenvalue weighted by Crippen LogP contribution is -2.31. The molecular weight excluding hydrogens is 385 g/mol. The van der Waals surface area contributed by atoms with E-state index in [1.165, 1.54) is 36.8 Å². The Balaban J connectivity index is 0. The van der Waals surface area contributed by atoms with E-state index in [2.05, 4.69) is 65.0 Å². The molecule has 0 aromatic carbocycles. The lowest BCUT2D eigenvalue weighted by molar-refractivity contribution is -0.0517. The summed E-state index contributed by atoms with van der Waals surface area (Å²) >= 11 is 0. The van der Waals surface area contributed by atoms with Gasteiger partial charge in [0.05, 0.1) is 12.5 Å². The number of alkyl halides is 3. The summed E-state index contributed by atoms with van der Waals surface area (Å²) in [6.07, 6.45) is 16.3. The summed E-state index contributed by atoms with van der Waals surface area (Å²) < 4.78 is 59.2. The Bertz CT molecular complexity index is 587. The average molecular weight is 417 g/mol. The van der Waals surface area contributed by atoms with Gasteiger partial charge in [0, 0.05) is 6.42 Å². The van der Waals surface area contributed by atoms with Gasteiger partial charge in [0.25, 0.3) is 0 Å². The normalized spacial score (nSPS) is 15.0. The molecule has 8 heteroatoms. The van der Waals surface area contributed by atoms with E-state index in [4.69, 9.17) is 13.0 Å². The molecule has 3 nitrogen and oxygen atoms in total. The minimum atomic E-state index is -6.09. The van der Waals surface area contributed by atoms with E-state index in [0.717, 1.165) is 0 Å². The minimum absolute atomic E-state index is 0.302. The highest BCUT2D eigenvalue weighted by atomic mass is 32.2. The first-order valence-electron chi connectivity index (χ1n) is 8.09. The third-order valence-corrected chi connectivity index (χ3v) is 6.68. The van der Waals surface area contributed by atoms with Gasteiger partial charge >= 0.3 is 5.51 Å². The molecule has 26 heavy (non-hydrogen) atoms. The van der Waals surface area contributed by atoms with Gasteiger partial charge in [-0.05, 0) is 63.9 Å². The summed E-state index contributed by atoms with van der Waals surface area (Å²) in [5.41, 5.74) is -2.71. The SMILES string of the molecule is C=CC(C)(CCC=C(C)CCC=C(C)C)[S+](C)C.O=S(=O)([O-])C(F)(F)F. The average Bonchev–Trinajstić information content (AvgIpc) is 2.44. The Hall–Kier alpha value is -0.730. The number of rotatable bonds is 8. The first kappa shape index (κ1) is 27.5. The van der Waals surface area contributed by atoms with Crippen molar-refractivity contribution in [1.82, 2.24) is 0 Å². The van der Waals surface area contributed by atoms with Gasteiger partial charge in [-0.3, -0.25) is 0 Å². The fraction of sp³-hybridized carbons (Fsp3) is 0.667. The molecule has 0 aliphatic carbocycles. The number of allylic oxidation sites excluding steroid dienone is 4. The van der Waals surface area contributed by atoms with Gasteiger partial charge < -0.3 is 4.55 Å². The zero-order chi connectivity index (χ0) is 21.2. The van der Waals surface area contributed by atoms with E-state index in [9.17, 15) is 13.2 Å². The van der Waals surface area contributed by atoms with Crippen molar-refractivity contribution in [3.8, 4) is 0 Å². The molecule has 0 spiro atoms. The Morgan fingerprint density at radius 3 is 1.88 bits per heavy atom. The Kier molecular flexibility index (Phi) is 12.6. The van der Waals surface area contributed by atoms with E-state index >= 15 is 0 Å². The molecular formula is C18H31F3O3S2. The van der Waals surface area contributed by atoms with Gasteiger partial charge in [-0.15, -0.1) is 0 Å². The number of hydrogen-bond donors (Lipinski definition) is 0. The van der Waals surface area contributed by atoms with Crippen molar-refractivity contribution in [1.29, 1.82) is 0 Å². The highest BCUT2D eigenvalue weighted by molar-refractivity contribution is 7.97. The minimum Gasteiger partial charge on any atom is -0.741 e. The molecule has 154 valence electrons. The molecule has 0 heterocycles. The van der Waals surface area contributed by atoms with Gasteiger partial charge in [-0.25, -0.2) is 8.42 Å². The molecule has 0 aromatic rings. The third kappa shape index (κ3) is 12.6. The van der Waals surface area contributed by atoms with Crippen LogP contribution in [0.15, 0.2) is 36.0 Å². The van der Waals surface area contributed by atoms with E-state index in [-0.39, 0.29) is 0 Å². The molecule has 0 fully saturated rings. The van der Waals surface area contributed by atoms with Crippen LogP contribution in [0.5, 0.6) is 0 Å². The topological polar surface area (TPSA) is 57.2 Å². The molecule has 0 aliphatic rings. The van der Waals surface area contributed by atoms with E-state index < -0.39 is 15.6 Å². The van der Waals surface area contributed by atoms with Gasteiger partial charge in [0.15, 0.2) is 10.1 Å². The van der Waals surface area contributed by atoms with Crippen molar-refractivity contribution in [2.75, 3.05) is 12.5 Å². The van der Waals surface area contributed by atoms with Crippen LogP contribution in [0.2, 0.25) is 0 Å². The molecule has 0 amide bonds. The molecule has 0 radical (unpaired) electrons. The lowest BCUT2D eigenvalue weighted by atomic mass is 10.0. The van der Waals surface area contributed by atoms with Gasteiger partial charge in [-0.2, -0.15) is 13.2 Å².